The van der Waals surface area contributed by atoms with Crippen molar-refractivity contribution >= 4 is 29.9 Å². The number of aliphatic hydroxyl groups excluding tert-OH is 1. The molecule has 1 fully saturated rings. The number of rotatable bonds is 4. The van der Waals surface area contributed by atoms with Gasteiger partial charge in [0.25, 0.3) is 0 Å². The van der Waals surface area contributed by atoms with E-state index in [2.05, 4.69) is 42.5 Å². The maximum atomic E-state index is 9.74. The molecule has 9 heteroatoms. The number of nitrogens with zero attached hydrogens (tertiary/aromatic N) is 4. The summed E-state index contributed by atoms with van der Waals surface area (Å²) in [6.07, 6.45) is 1.50. The lowest BCUT2D eigenvalue weighted by atomic mass is 10.00. The molecule has 0 saturated carbocycles. The lowest BCUT2D eigenvalue weighted by molar-refractivity contribution is -0.0467. The third-order valence-corrected chi connectivity index (χ3v) is 4.57. The van der Waals surface area contributed by atoms with Gasteiger partial charge in [0.2, 0.25) is 0 Å². The average molecular weight is 456 g/mol. The van der Waals surface area contributed by atoms with Crippen molar-refractivity contribution in [2.75, 3.05) is 32.9 Å². The van der Waals surface area contributed by atoms with Crippen LogP contribution in [-0.4, -0.2) is 69.6 Å². The first-order valence-corrected chi connectivity index (χ1v) is 8.00. The summed E-state index contributed by atoms with van der Waals surface area (Å²) in [7, 11) is 0. The third kappa shape index (κ3) is 3.48. The van der Waals surface area contributed by atoms with Gasteiger partial charge in [-0.3, -0.25) is 10.1 Å². The predicted molar refractivity (Wildman–Crippen MR) is 104 cm³/mol. The number of guanidine groups is 1. The lowest BCUT2D eigenvalue weighted by Crippen LogP contribution is -2.61. The second kappa shape index (κ2) is 7.67. The molecule has 1 unspecified atom stereocenters. The Balaban J connectivity index is 0.00000182. The smallest absolute Gasteiger partial charge is 0.195 e. The van der Waals surface area contributed by atoms with Crippen LogP contribution in [-0.2, 0) is 11.3 Å². The van der Waals surface area contributed by atoms with Gasteiger partial charge in [0, 0.05) is 18.7 Å². The minimum absolute atomic E-state index is 0. The van der Waals surface area contributed by atoms with E-state index in [4.69, 9.17) is 4.74 Å². The number of H-pyrrole nitrogens is 1. The van der Waals surface area contributed by atoms with Gasteiger partial charge in [0.05, 0.1) is 26.4 Å². The fourth-order valence-corrected chi connectivity index (χ4v) is 3.14. The Kier molecular flexibility index (Phi) is 5.54. The number of aliphatic hydroxyl groups is 1. The van der Waals surface area contributed by atoms with E-state index in [1.54, 1.807) is 0 Å². The molecule has 2 aliphatic heterocycles. The molecule has 0 amide bonds. The van der Waals surface area contributed by atoms with Crippen LogP contribution in [0.4, 0.5) is 0 Å². The fourth-order valence-electron chi connectivity index (χ4n) is 3.14. The molecule has 1 aromatic carbocycles. The number of benzene rings is 1. The standard InChI is InChI=1S/C16H20N6O2.HI/c23-9-16-8-18-15(22(16)5-6-24-10-16)17-7-12-1-3-13(4-2-12)14-19-11-20-21-14;/h1-4,11,23H,5-10H2,(H,17,18)(H,19,20,21);1H. The van der Waals surface area contributed by atoms with E-state index in [0.29, 0.717) is 26.3 Å². The number of ether oxygens (including phenoxy) is 1. The molecule has 0 radical (unpaired) electrons. The first-order valence-electron chi connectivity index (χ1n) is 8.00. The molecular formula is C16H21IN6O2. The highest BCUT2D eigenvalue weighted by Gasteiger charge is 2.44. The van der Waals surface area contributed by atoms with E-state index < -0.39 is 5.54 Å². The van der Waals surface area contributed by atoms with E-state index in [0.717, 1.165) is 29.5 Å². The summed E-state index contributed by atoms with van der Waals surface area (Å²) in [6.45, 7) is 3.22. The summed E-state index contributed by atoms with van der Waals surface area (Å²) in [5, 5.41) is 19.8. The van der Waals surface area contributed by atoms with Gasteiger partial charge in [-0.1, -0.05) is 24.3 Å². The van der Waals surface area contributed by atoms with E-state index in [1.807, 2.05) is 12.1 Å². The SMILES string of the molecule is I.OCC12CN=C(NCc3ccc(-c4ncn[nH]4)cc3)N1CCOC2. The Morgan fingerprint density at radius 2 is 2.16 bits per heavy atom. The summed E-state index contributed by atoms with van der Waals surface area (Å²) in [4.78, 5) is 10.8. The minimum Gasteiger partial charge on any atom is -0.394 e. The summed E-state index contributed by atoms with van der Waals surface area (Å²) >= 11 is 0. The van der Waals surface area contributed by atoms with Gasteiger partial charge in [-0.05, 0) is 5.56 Å². The lowest BCUT2D eigenvalue weighted by Gasteiger charge is -2.41. The maximum Gasteiger partial charge on any atom is 0.195 e. The normalized spacial score (nSPS) is 22.1. The van der Waals surface area contributed by atoms with Crippen molar-refractivity contribution < 1.29 is 9.84 Å². The quantitative estimate of drug-likeness (QED) is 0.584. The first kappa shape index (κ1) is 18.1. The molecule has 8 nitrogen and oxygen atoms in total. The van der Waals surface area contributed by atoms with E-state index in [-0.39, 0.29) is 30.6 Å². The summed E-state index contributed by atoms with van der Waals surface area (Å²) in [5.74, 6) is 1.60. The molecule has 0 bridgehead atoms. The van der Waals surface area contributed by atoms with Crippen molar-refractivity contribution in [2.24, 2.45) is 4.99 Å². The van der Waals surface area contributed by atoms with Gasteiger partial charge in [0.1, 0.15) is 11.9 Å². The number of nitrogens with one attached hydrogen (secondary N) is 2. The fraction of sp³-hybridized carbons (Fsp3) is 0.438. The number of aliphatic imine (C=N–C) groups is 1. The number of hydrogen-bond donors (Lipinski definition) is 3. The number of morpholine rings is 1. The largest absolute Gasteiger partial charge is 0.394 e. The van der Waals surface area contributed by atoms with E-state index in [9.17, 15) is 5.11 Å². The molecule has 4 rings (SSSR count). The molecule has 2 aliphatic rings. The zero-order chi connectivity index (χ0) is 16.4. The van der Waals surface area contributed by atoms with Gasteiger partial charge in [0.15, 0.2) is 11.8 Å². The van der Waals surface area contributed by atoms with Crippen LogP contribution in [0.25, 0.3) is 11.4 Å². The summed E-state index contributed by atoms with van der Waals surface area (Å²) < 4.78 is 5.52. The Morgan fingerprint density at radius 3 is 2.88 bits per heavy atom. The highest BCUT2D eigenvalue weighted by atomic mass is 127. The number of halogens is 1. The van der Waals surface area contributed by atoms with Crippen molar-refractivity contribution in [3.63, 3.8) is 0 Å². The van der Waals surface area contributed by atoms with Crippen LogP contribution >= 0.6 is 24.0 Å². The summed E-state index contributed by atoms with van der Waals surface area (Å²) in [6, 6.07) is 8.14. The number of fused-ring (bicyclic) bond motifs is 1. The van der Waals surface area contributed by atoms with Crippen molar-refractivity contribution in [3.8, 4) is 11.4 Å². The molecule has 3 N–H and O–H groups in total. The zero-order valence-corrected chi connectivity index (χ0v) is 16.0. The molecule has 134 valence electrons. The van der Waals surface area contributed by atoms with Gasteiger partial charge in [-0.25, -0.2) is 4.98 Å². The van der Waals surface area contributed by atoms with Crippen LogP contribution < -0.4 is 5.32 Å². The molecule has 1 atom stereocenters. The Labute approximate surface area is 162 Å². The molecule has 3 heterocycles. The molecule has 1 aromatic heterocycles. The van der Waals surface area contributed by atoms with Crippen molar-refractivity contribution in [1.82, 2.24) is 25.4 Å². The van der Waals surface area contributed by atoms with Crippen LogP contribution in [0.1, 0.15) is 5.56 Å². The Bertz CT molecular complexity index is 721. The molecule has 2 aromatic rings. The molecule has 0 spiro atoms. The van der Waals surface area contributed by atoms with Crippen LogP contribution in [0.2, 0.25) is 0 Å². The van der Waals surface area contributed by atoms with E-state index in [1.165, 1.54) is 6.33 Å². The van der Waals surface area contributed by atoms with Crippen molar-refractivity contribution in [1.29, 1.82) is 0 Å². The summed E-state index contributed by atoms with van der Waals surface area (Å²) in [5.41, 5.74) is 1.76. The second-order valence-electron chi connectivity index (χ2n) is 6.11. The number of aromatic amines is 1. The first-order chi connectivity index (χ1) is 11.8. The average Bonchev–Trinajstić information content (AvgIpc) is 3.29. The van der Waals surface area contributed by atoms with Crippen molar-refractivity contribution in [2.45, 2.75) is 12.1 Å². The number of hydrogen-bond acceptors (Lipinski definition) is 7. The molecule has 25 heavy (non-hydrogen) atoms. The van der Waals surface area contributed by atoms with Crippen molar-refractivity contribution in [3.05, 3.63) is 36.2 Å². The molecule has 0 aliphatic carbocycles. The zero-order valence-electron chi connectivity index (χ0n) is 13.7. The van der Waals surface area contributed by atoms with Gasteiger partial charge in [-0.2, -0.15) is 5.10 Å². The highest BCUT2D eigenvalue weighted by Crippen LogP contribution is 2.25. The van der Waals surface area contributed by atoms with Gasteiger partial charge < -0.3 is 20.1 Å². The molecular weight excluding hydrogens is 435 g/mol. The van der Waals surface area contributed by atoms with Gasteiger partial charge >= 0.3 is 0 Å². The topological polar surface area (TPSA) is 98.7 Å². The van der Waals surface area contributed by atoms with Crippen LogP contribution in [0.15, 0.2) is 35.6 Å². The maximum absolute atomic E-state index is 9.74. The third-order valence-electron chi connectivity index (χ3n) is 4.57. The second-order valence-corrected chi connectivity index (χ2v) is 6.11. The number of aromatic nitrogens is 3. The van der Waals surface area contributed by atoms with Crippen LogP contribution in [0.3, 0.4) is 0 Å². The minimum atomic E-state index is -0.392. The Morgan fingerprint density at radius 1 is 1.32 bits per heavy atom. The molecule has 1 saturated heterocycles. The Hall–Kier alpha value is -1.72. The highest BCUT2D eigenvalue weighted by molar-refractivity contribution is 14.0. The van der Waals surface area contributed by atoms with E-state index >= 15 is 0 Å². The van der Waals surface area contributed by atoms with Gasteiger partial charge in [-0.15, -0.1) is 24.0 Å². The monoisotopic (exact) mass is 456 g/mol. The predicted octanol–water partition coefficient (Wildman–Crippen LogP) is 0.612. The van der Waals surface area contributed by atoms with Crippen LogP contribution in [0.5, 0.6) is 0 Å². The van der Waals surface area contributed by atoms with Crippen LogP contribution in [0, 0.1) is 0 Å².